The molecule has 0 bridgehead atoms. The number of ether oxygens (including phenoxy) is 2. The van der Waals surface area contributed by atoms with Crippen molar-refractivity contribution in [1.82, 2.24) is 9.88 Å². The maximum absolute atomic E-state index is 13.3. The van der Waals surface area contributed by atoms with Gasteiger partial charge in [0.15, 0.2) is 0 Å². The van der Waals surface area contributed by atoms with Crippen molar-refractivity contribution < 1.29 is 23.6 Å². The van der Waals surface area contributed by atoms with Crippen molar-refractivity contribution in [2.45, 2.75) is 25.7 Å². The van der Waals surface area contributed by atoms with E-state index in [1.54, 1.807) is 18.3 Å². The lowest BCUT2D eigenvalue weighted by Crippen LogP contribution is -2.33. The summed E-state index contributed by atoms with van der Waals surface area (Å²) in [5.74, 6) is 0.178. The van der Waals surface area contributed by atoms with E-state index in [9.17, 15) is 9.59 Å². The first-order valence-corrected chi connectivity index (χ1v) is 12.2. The van der Waals surface area contributed by atoms with Gasteiger partial charge < -0.3 is 14.5 Å². The van der Waals surface area contributed by atoms with Crippen molar-refractivity contribution in [3.63, 3.8) is 0 Å². The van der Waals surface area contributed by atoms with Crippen molar-refractivity contribution in [2.24, 2.45) is 0 Å². The number of amides is 1. The quantitative estimate of drug-likeness (QED) is 0.313. The third kappa shape index (κ3) is 4.91. The van der Waals surface area contributed by atoms with Crippen molar-refractivity contribution in [1.29, 1.82) is 0 Å². The molecule has 1 fully saturated rings. The van der Waals surface area contributed by atoms with Crippen molar-refractivity contribution >= 4 is 24.3 Å². The molecule has 35 heavy (non-hydrogen) atoms. The molecule has 0 radical (unpaired) electrons. The maximum atomic E-state index is 13.3. The smallest absolute Gasteiger partial charge is 0.424 e. The third-order valence-electron chi connectivity index (χ3n) is 6.73. The van der Waals surface area contributed by atoms with Gasteiger partial charge in [-0.25, -0.2) is 9.59 Å². The lowest BCUT2D eigenvalue weighted by atomic mass is 9.98. The molecular formula is C28H30N3O4+. The summed E-state index contributed by atoms with van der Waals surface area (Å²) in [6, 6.07) is 14.8. The van der Waals surface area contributed by atoms with Gasteiger partial charge in [-0.05, 0) is 61.8 Å². The van der Waals surface area contributed by atoms with E-state index < -0.39 is 0 Å². The molecule has 0 aliphatic carbocycles. The first-order valence-electron chi connectivity index (χ1n) is 12.2. The molecule has 3 heterocycles. The van der Waals surface area contributed by atoms with Gasteiger partial charge in [-0.1, -0.05) is 18.6 Å². The molecule has 7 heteroatoms. The van der Waals surface area contributed by atoms with E-state index in [-0.39, 0.29) is 11.9 Å². The number of aromatic amines is 1. The zero-order chi connectivity index (χ0) is 24.2. The van der Waals surface area contributed by atoms with Gasteiger partial charge in [-0.3, -0.25) is 4.90 Å². The minimum Gasteiger partial charge on any atom is -0.492 e. The van der Waals surface area contributed by atoms with Crippen LogP contribution in [-0.4, -0.2) is 65.9 Å². The van der Waals surface area contributed by atoms with Gasteiger partial charge in [-0.2, -0.15) is 0 Å². The van der Waals surface area contributed by atoms with Crippen LogP contribution in [0.2, 0.25) is 0 Å². The molecule has 2 aliphatic heterocycles. The minimum absolute atomic E-state index is 0.221. The highest BCUT2D eigenvalue weighted by atomic mass is 16.5. The van der Waals surface area contributed by atoms with Crippen LogP contribution < -0.4 is 4.74 Å². The van der Waals surface area contributed by atoms with Crippen LogP contribution in [0, 0.1) is 0 Å². The number of piperidine rings is 1. The predicted octanol–water partition coefficient (Wildman–Crippen LogP) is 4.44. The number of aromatic nitrogens is 1. The number of hydrogen-bond donors (Lipinski definition) is 1. The fourth-order valence-corrected chi connectivity index (χ4v) is 4.82. The number of carbonyl (C=O) groups excluding carboxylic acids is 2. The highest BCUT2D eigenvalue weighted by Gasteiger charge is 2.29. The van der Waals surface area contributed by atoms with Gasteiger partial charge >= 0.3 is 11.9 Å². The largest absolute Gasteiger partial charge is 0.492 e. The van der Waals surface area contributed by atoms with E-state index in [1.807, 2.05) is 36.4 Å². The summed E-state index contributed by atoms with van der Waals surface area (Å²) in [4.78, 5) is 30.8. The van der Waals surface area contributed by atoms with Gasteiger partial charge in [0.1, 0.15) is 24.8 Å². The van der Waals surface area contributed by atoms with Gasteiger partial charge in [0.05, 0.1) is 17.7 Å². The van der Waals surface area contributed by atoms with Gasteiger partial charge in [0.2, 0.25) is 5.69 Å². The number of nitrogens with zero attached hydrogens (tertiary/aromatic N) is 2. The molecule has 0 unspecified atom stereocenters. The average Bonchev–Trinajstić information content (AvgIpc) is 3.34. The Kier molecular flexibility index (Phi) is 6.77. The summed E-state index contributed by atoms with van der Waals surface area (Å²) < 4.78 is 12.4. The lowest BCUT2D eigenvalue weighted by Gasteiger charge is -2.26. The Bertz CT molecular complexity index is 1240. The van der Waals surface area contributed by atoms with E-state index in [0.29, 0.717) is 36.6 Å². The summed E-state index contributed by atoms with van der Waals surface area (Å²) >= 11 is 0. The molecule has 1 saturated heterocycles. The van der Waals surface area contributed by atoms with Crippen LogP contribution >= 0.6 is 0 Å². The number of rotatable bonds is 7. The number of H-pyrrole nitrogens is 1. The van der Waals surface area contributed by atoms with E-state index in [0.717, 1.165) is 42.1 Å². The topological polar surface area (TPSA) is 74.6 Å². The van der Waals surface area contributed by atoms with Crippen LogP contribution in [-0.2, 0) is 11.2 Å². The van der Waals surface area contributed by atoms with Crippen molar-refractivity contribution in [2.75, 3.05) is 32.8 Å². The summed E-state index contributed by atoms with van der Waals surface area (Å²) in [7, 11) is 0. The molecule has 180 valence electrons. The maximum Gasteiger partial charge on any atom is 0.424 e. The first kappa shape index (κ1) is 23.1. The first-order chi connectivity index (χ1) is 17.1. The Balaban J connectivity index is 1.29. The van der Waals surface area contributed by atoms with Gasteiger partial charge in [-0.15, -0.1) is 4.58 Å². The molecule has 2 aromatic carbocycles. The Morgan fingerprint density at radius 2 is 1.83 bits per heavy atom. The Morgan fingerprint density at radius 1 is 1.06 bits per heavy atom. The molecule has 5 rings (SSSR count). The van der Waals surface area contributed by atoms with Crippen molar-refractivity contribution in [3.05, 3.63) is 71.5 Å². The zero-order valence-corrected chi connectivity index (χ0v) is 19.8. The lowest BCUT2D eigenvalue weighted by molar-refractivity contribution is -0.324. The van der Waals surface area contributed by atoms with Crippen LogP contribution in [0.4, 0.5) is 5.69 Å². The van der Waals surface area contributed by atoms with Crippen LogP contribution in [0.25, 0.3) is 11.1 Å². The van der Waals surface area contributed by atoms with E-state index >= 15 is 0 Å². The average molecular weight is 473 g/mol. The van der Waals surface area contributed by atoms with Crippen LogP contribution in [0.15, 0.2) is 54.7 Å². The molecule has 1 amide bonds. The zero-order valence-electron chi connectivity index (χ0n) is 19.8. The second-order valence-electron chi connectivity index (χ2n) is 8.97. The standard InChI is InChI=1S/C28H29N3O4/c1-30(25-8-4-3-7-22(25)24-19-29-26-23(24)13-17-35-28(26)33)27(32)20-9-11-21(12-10-20)34-18-16-31-14-5-2-6-15-31/h3-4,7-12,19H,1-2,5-6,13-18H2/p+1. The van der Waals surface area contributed by atoms with Crippen LogP contribution in [0.1, 0.15) is 45.7 Å². The molecule has 2 aliphatic rings. The molecule has 1 N–H and O–H groups in total. The number of likely N-dealkylation sites (tertiary alicyclic amines) is 1. The van der Waals surface area contributed by atoms with Gasteiger partial charge in [0.25, 0.3) is 0 Å². The van der Waals surface area contributed by atoms with Gasteiger partial charge in [0, 0.05) is 30.8 Å². The SMILES string of the molecule is C=[N+](C(=O)c1ccc(OCCN2CCCCC2)cc1)c1ccccc1-c1c[nH]c2c1CCOC2=O. The highest BCUT2D eigenvalue weighted by molar-refractivity contribution is 5.95. The minimum atomic E-state index is -0.351. The number of nitrogens with one attached hydrogen (secondary N) is 1. The fraction of sp³-hybridized carbons (Fsp3) is 0.321. The number of para-hydroxylation sites is 1. The number of esters is 1. The summed E-state index contributed by atoms with van der Waals surface area (Å²) in [6.07, 6.45) is 6.27. The summed E-state index contributed by atoms with van der Waals surface area (Å²) in [6.45, 7) is 8.25. The Morgan fingerprint density at radius 3 is 2.63 bits per heavy atom. The molecular weight excluding hydrogens is 442 g/mol. The molecule has 7 nitrogen and oxygen atoms in total. The highest BCUT2D eigenvalue weighted by Crippen LogP contribution is 2.35. The molecule has 3 aromatic rings. The molecule has 0 saturated carbocycles. The Hall–Kier alpha value is -3.71. The molecule has 0 atom stereocenters. The van der Waals surface area contributed by atoms with E-state index in [2.05, 4.69) is 16.6 Å². The Labute approximate surface area is 205 Å². The van der Waals surface area contributed by atoms with Crippen LogP contribution in [0.3, 0.4) is 0 Å². The molecule has 0 spiro atoms. The third-order valence-corrected chi connectivity index (χ3v) is 6.73. The second-order valence-corrected chi connectivity index (χ2v) is 8.97. The predicted molar refractivity (Wildman–Crippen MR) is 134 cm³/mol. The van der Waals surface area contributed by atoms with Crippen molar-refractivity contribution in [3.8, 4) is 16.9 Å². The van der Waals surface area contributed by atoms with Crippen LogP contribution in [0.5, 0.6) is 5.75 Å². The number of hydrogen-bond acceptors (Lipinski definition) is 5. The number of carbonyl (C=O) groups is 2. The normalized spacial score (nSPS) is 15.8. The number of benzene rings is 2. The summed E-state index contributed by atoms with van der Waals surface area (Å²) in [5.41, 5.74) is 4.28. The monoisotopic (exact) mass is 472 g/mol. The molecule has 1 aromatic heterocycles. The summed E-state index contributed by atoms with van der Waals surface area (Å²) in [5, 5.41) is 0. The van der Waals surface area contributed by atoms with E-state index in [1.165, 1.54) is 23.8 Å². The number of fused-ring (bicyclic) bond motifs is 1. The second kappa shape index (κ2) is 10.3. The number of cyclic esters (lactones) is 1. The fourth-order valence-electron chi connectivity index (χ4n) is 4.82. The van der Waals surface area contributed by atoms with E-state index in [4.69, 9.17) is 9.47 Å².